The Morgan fingerprint density at radius 2 is 1.50 bits per heavy atom. The Hall–Kier alpha value is -1.02. The van der Waals surface area contributed by atoms with Crippen LogP contribution in [-0.2, 0) is 11.8 Å². The number of hydrogen-bond acceptors (Lipinski definition) is 1. The first-order chi connectivity index (χ1) is 10.3. The van der Waals surface area contributed by atoms with Gasteiger partial charge in [-0.25, -0.2) is 0 Å². The molecule has 22 heavy (non-hydrogen) atoms. The average Bonchev–Trinajstić information content (AvgIpc) is 2.45. The van der Waals surface area contributed by atoms with Gasteiger partial charge in [0, 0.05) is 16.0 Å². The lowest BCUT2D eigenvalue weighted by Crippen LogP contribution is -2.16. The molecule has 0 bridgehead atoms. The zero-order valence-corrected chi connectivity index (χ0v) is 14.9. The Kier molecular flexibility index (Phi) is 5.55. The van der Waals surface area contributed by atoms with Crippen LogP contribution in [0.2, 0.25) is 10.0 Å². The predicted octanol–water partition coefficient (Wildman–Crippen LogP) is 5.58. The Labute approximate surface area is 143 Å². The van der Waals surface area contributed by atoms with Gasteiger partial charge in [0.1, 0.15) is 0 Å². The van der Waals surface area contributed by atoms with Gasteiger partial charge in [0.05, 0.1) is 0 Å². The standard InChI is InChI=1S/C19H23Cl2N/c1-19(2,3)15-9-7-13(8-10-15)11-14(12-22)18-16(20)5-4-6-17(18)21/h4-10,14H,11-12,22H2,1-3H3. The fourth-order valence-electron chi connectivity index (χ4n) is 2.63. The van der Waals surface area contributed by atoms with E-state index in [1.807, 2.05) is 18.2 Å². The summed E-state index contributed by atoms with van der Waals surface area (Å²) in [5, 5.41) is 1.38. The second-order valence-electron chi connectivity index (χ2n) is 6.72. The van der Waals surface area contributed by atoms with Gasteiger partial charge in [-0.05, 0) is 47.2 Å². The fourth-order valence-corrected chi connectivity index (χ4v) is 3.34. The number of rotatable bonds is 4. The summed E-state index contributed by atoms with van der Waals surface area (Å²) in [4.78, 5) is 0. The minimum atomic E-state index is 0.127. The molecule has 0 saturated heterocycles. The zero-order valence-electron chi connectivity index (χ0n) is 13.4. The first-order valence-electron chi connectivity index (χ1n) is 7.56. The smallest absolute Gasteiger partial charge is 0.0456 e. The Morgan fingerprint density at radius 3 is 1.95 bits per heavy atom. The van der Waals surface area contributed by atoms with E-state index >= 15 is 0 Å². The van der Waals surface area contributed by atoms with Gasteiger partial charge in [0.15, 0.2) is 0 Å². The summed E-state index contributed by atoms with van der Waals surface area (Å²) in [6, 6.07) is 14.3. The molecule has 1 unspecified atom stereocenters. The van der Waals surface area contributed by atoms with Crippen LogP contribution < -0.4 is 5.73 Å². The molecular weight excluding hydrogens is 313 g/mol. The third-order valence-corrected chi connectivity index (χ3v) is 4.65. The molecule has 0 heterocycles. The lowest BCUT2D eigenvalue weighted by Gasteiger charge is -2.21. The first-order valence-corrected chi connectivity index (χ1v) is 8.32. The highest BCUT2D eigenvalue weighted by Crippen LogP contribution is 2.33. The molecule has 1 atom stereocenters. The maximum Gasteiger partial charge on any atom is 0.0456 e. The molecule has 1 nitrogen and oxygen atoms in total. The molecule has 0 aliphatic rings. The van der Waals surface area contributed by atoms with Crippen molar-refractivity contribution >= 4 is 23.2 Å². The van der Waals surface area contributed by atoms with E-state index < -0.39 is 0 Å². The predicted molar refractivity (Wildman–Crippen MR) is 97.1 cm³/mol. The van der Waals surface area contributed by atoms with Crippen molar-refractivity contribution in [3.8, 4) is 0 Å². The Bertz CT molecular complexity index is 607. The number of nitrogens with two attached hydrogens (primary N) is 1. The molecule has 118 valence electrons. The quantitative estimate of drug-likeness (QED) is 0.775. The van der Waals surface area contributed by atoms with E-state index in [4.69, 9.17) is 28.9 Å². The first kappa shape index (κ1) is 17.3. The molecule has 0 radical (unpaired) electrons. The van der Waals surface area contributed by atoms with Crippen LogP contribution in [-0.4, -0.2) is 6.54 Å². The van der Waals surface area contributed by atoms with E-state index in [1.54, 1.807) is 0 Å². The molecule has 0 spiro atoms. The zero-order chi connectivity index (χ0) is 16.3. The van der Waals surface area contributed by atoms with Crippen molar-refractivity contribution < 1.29 is 0 Å². The Morgan fingerprint density at radius 1 is 0.955 bits per heavy atom. The average molecular weight is 336 g/mol. The van der Waals surface area contributed by atoms with E-state index in [0.29, 0.717) is 16.6 Å². The van der Waals surface area contributed by atoms with E-state index in [9.17, 15) is 0 Å². The molecule has 0 aromatic heterocycles. The van der Waals surface area contributed by atoms with Crippen molar-refractivity contribution in [2.75, 3.05) is 6.54 Å². The summed E-state index contributed by atoms with van der Waals surface area (Å²) in [5.41, 5.74) is 9.67. The monoisotopic (exact) mass is 335 g/mol. The molecule has 2 aromatic carbocycles. The summed E-state index contributed by atoms with van der Waals surface area (Å²) < 4.78 is 0. The van der Waals surface area contributed by atoms with Crippen LogP contribution in [0.3, 0.4) is 0 Å². The van der Waals surface area contributed by atoms with Crippen LogP contribution in [0.5, 0.6) is 0 Å². The molecule has 0 aliphatic carbocycles. The second-order valence-corrected chi connectivity index (χ2v) is 7.53. The van der Waals surface area contributed by atoms with Crippen molar-refractivity contribution in [1.82, 2.24) is 0 Å². The minimum absolute atomic E-state index is 0.127. The van der Waals surface area contributed by atoms with Gasteiger partial charge in [-0.1, -0.05) is 74.3 Å². The topological polar surface area (TPSA) is 26.0 Å². The highest BCUT2D eigenvalue weighted by Gasteiger charge is 2.18. The summed E-state index contributed by atoms with van der Waals surface area (Å²) in [6.45, 7) is 7.17. The van der Waals surface area contributed by atoms with Crippen molar-refractivity contribution in [1.29, 1.82) is 0 Å². The third-order valence-electron chi connectivity index (χ3n) is 3.99. The molecule has 0 saturated carbocycles. The van der Waals surface area contributed by atoms with Crippen LogP contribution >= 0.6 is 23.2 Å². The number of hydrogen-bond donors (Lipinski definition) is 1. The summed E-state index contributed by atoms with van der Waals surface area (Å²) in [5.74, 6) is 0.127. The van der Waals surface area contributed by atoms with Gasteiger partial charge >= 0.3 is 0 Å². The molecule has 2 aromatic rings. The molecule has 3 heteroatoms. The second kappa shape index (κ2) is 7.04. The SMILES string of the molecule is CC(C)(C)c1ccc(CC(CN)c2c(Cl)cccc2Cl)cc1. The summed E-state index contributed by atoms with van der Waals surface area (Å²) in [6.07, 6.45) is 0.838. The lowest BCUT2D eigenvalue weighted by molar-refractivity contribution is 0.589. The van der Waals surface area contributed by atoms with Gasteiger partial charge in [-0.15, -0.1) is 0 Å². The lowest BCUT2D eigenvalue weighted by atomic mass is 9.85. The van der Waals surface area contributed by atoms with E-state index in [2.05, 4.69) is 45.0 Å². The van der Waals surface area contributed by atoms with Crippen LogP contribution in [0.15, 0.2) is 42.5 Å². The Balaban J connectivity index is 2.24. The van der Waals surface area contributed by atoms with Crippen molar-refractivity contribution in [3.05, 3.63) is 69.2 Å². The number of benzene rings is 2. The van der Waals surface area contributed by atoms with Gasteiger partial charge in [-0.2, -0.15) is 0 Å². The summed E-state index contributed by atoms with van der Waals surface area (Å²) in [7, 11) is 0. The maximum atomic E-state index is 6.31. The van der Waals surface area contributed by atoms with E-state index in [-0.39, 0.29) is 11.3 Å². The molecule has 0 aliphatic heterocycles. The molecular formula is C19H23Cl2N. The molecule has 2 N–H and O–H groups in total. The normalized spacial score (nSPS) is 13.2. The van der Waals surface area contributed by atoms with Crippen LogP contribution in [0.4, 0.5) is 0 Å². The highest BCUT2D eigenvalue weighted by atomic mass is 35.5. The highest BCUT2D eigenvalue weighted by molar-refractivity contribution is 6.36. The van der Waals surface area contributed by atoms with Crippen molar-refractivity contribution in [2.24, 2.45) is 5.73 Å². The van der Waals surface area contributed by atoms with Crippen molar-refractivity contribution in [2.45, 2.75) is 38.5 Å². The van der Waals surface area contributed by atoms with Gasteiger partial charge in [-0.3, -0.25) is 0 Å². The summed E-state index contributed by atoms with van der Waals surface area (Å²) >= 11 is 12.6. The van der Waals surface area contributed by atoms with E-state index in [1.165, 1.54) is 11.1 Å². The molecule has 0 fully saturated rings. The van der Waals surface area contributed by atoms with E-state index in [0.717, 1.165) is 12.0 Å². The van der Waals surface area contributed by atoms with Crippen LogP contribution in [0, 0.1) is 0 Å². The maximum absolute atomic E-state index is 6.31. The van der Waals surface area contributed by atoms with Crippen molar-refractivity contribution in [3.63, 3.8) is 0 Å². The molecule has 2 rings (SSSR count). The van der Waals surface area contributed by atoms with Gasteiger partial charge in [0.25, 0.3) is 0 Å². The van der Waals surface area contributed by atoms with Gasteiger partial charge < -0.3 is 5.73 Å². The van der Waals surface area contributed by atoms with Crippen LogP contribution in [0.25, 0.3) is 0 Å². The third kappa shape index (κ3) is 4.04. The van der Waals surface area contributed by atoms with Crippen LogP contribution in [0.1, 0.15) is 43.4 Å². The molecule has 0 amide bonds. The number of halogens is 2. The minimum Gasteiger partial charge on any atom is -0.330 e. The largest absolute Gasteiger partial charge is 0.330 e. The van der Waals surface area contributed by atoms with Gasteiger partial charge in [0.2, 0.25) is 0 Å². The fraction of sp³-hybridized carbons (Fsp3) is 0.368.